The third-order valence-electron chi connectivity index (χ3n) is 18.4. The van der Waals surface area contributed by atoms with E-state index in [0.717, 1.165) is 71.3 Å². The van der Waals surface area contributed by atoms with Gasteiger partial charge >= 0.3 is 11.9 Å². The van der Waals surface area contributed by atoms with Crippen molar-refractivity contribution in [3.8, 4) is 23.0 Å². The number of carboxylic acids is 2. The van der Waals surface area contributed by atoms with Crippen molar-refractivity contribution in [1.29, 1.82) is 0 Å². The summed E-state index contributed by atoms with van der Waals surface area (Å²) in [5, 5.41) is 50.8. The van der Waals surface area contributed by atoms with Crippen LogP contribution in [0.25, 0.3) is 0 Å². The van der Waals surface area contributed by atoms with Crippen molar-refractivity contribution in [3.05, 3.63) is 47.5 Å². The Balaban J connectivity index is 0.000000179. The van der Waals surface area contributed by atoms with Crippen LogP contribution in [-0.4, -0.2) is 111 Å². The van der Waals surface area contributed by atoms with E-state index in [9.17, 15) is 9.59 Å². The van der Waals surface area contributed by atoms with E-state index in [4.69, 9.17) is 29.2 Å². The van der Waals surface area contributed by atoms with E-state index in [1.54, 1.807) is 28.4 Å². The number of hydrogen-bond donors (Lipinski definition) is 10. The maximum atomic E-state index is 10.4. The number of benzene rings is 2. The Bertz CT molecular complexity index is 1810. The Kier molecular flexibility index (Phi) is 20.2. The molecule has 0 spiro atoms. The second-order valence-corrected chi connectivity index (χ2v) is 22.5. The van der Waals surface area contributed by atoms with E-state index in [1.165, 1.54) is 103 Å². The normalized spacial score (nSPS) is 35.9. The van der Waals surface area contributed by atoms with Gasteiger partial charge in [0.25, 0.3) is 0 Å². The van der Waals surface area contributed by atoms with Crippen LogP contribution in [0.2, 0.25) is 0 Å². The predicted molar refractivity (Wildman–Crippen MR) is 283 cm³/mol. The molecule has 73 heavy (non-hydrogen) atoms. The summed E-state index contributed by atoms with van der Waals surface area (Å²) in [5.41, 5.74) is 2.11. The second kappa shape index (κ2) is 26.5. The second-order valence-electron chi connectivity index (χ2n) is 22.5. The molecule has 9 aliphatic rings. The molecule has 4 saturated carbocycles. The first-order valence-corrected chi connectivity index (χ1v) is 28.1. The van der Waals surface area contributed by atoms with Crippen LogP contribution in [0, 0.1) is 47.3 Å². The van der Waals surface area contributed by atoms with E-state index in [2.05, 4.69) is 42.5 Å². The van der Waals surface area contributed by atoms with Crippen LogP contribution in [0.4, 0.5) is 0 Å². The number of hydrogen-bond acceptors (Lipinski definition) is 14. The molecule has 5 heterocycles. The van der Waals surface area contributed by atoms with Gasteiger partial charge in [0, 0.05) is 23.8 Å². The van der Waals surface area contributed by atoms with E-state index in [-0.39, 0.29) is 23.8 Å². The molecule has 0 amide bonds. The number of aryl methyl sites for hydroxylation is 2. The predicted octanol–water partition coefficient (Wildman–Crippen LogP) is 6.45. The molecule has 5 aliphatic heterocycles. The number of nitrogens with one attached hydrogen (secondary N) is 8. The van der Waals surface area contributed by atoms with Crippen molar-refractivity contribution in [1.82, 2.24) is 42.5 Å². The van der Waals surface area contributed by atoms with Gasteiger partial charge in [0.15, 0.2) is 23.0 Å². The first-order chi connectivity index (χ1) is 35.1. The van der Waals surface area contributed by atoms with Crippen LogP contribution >= 0.6 is 0 Å². The molecule has 11 rings (SSSR count). The van der Waals surface area contributed by atoms with Crippen molar-refractivity contribution in [2.45, 2.75) is 191 Å². The van der Waals surface area contributed by atoms with Crippen molar-refractivity contribution in [2.75, 3.05) is 28.4 Å². The highest BCUT2D eigenvalue weighted by Crippen LogP contribution is 2.46. The largest absolute Gasteiger partial charge is 0.493 e. The van der Waals surface area contributed by atoms with Gasteiger partial charge in [0.1, 0.15) is 0 Å². The van der Waals surface area contributed by atoms with Gasteiger partial charge in [-0.05, 0) is 160 Å². The first kappa shape index (κ1) is 55.7. The third-order valence-corrected chi connectivity index (χ3v) is 18.4. The van der Waals surface area contributed by atoms with Crippen LogP contribution in [-0.2, 0) is 22.4 Å². The summed E-state index contributed by atoms with van der Waals surface area (Å²) in [7, 11) is 6.33. The summed E-state index contributed by atoms with van der Waals surface area (Å²) in [5.74, 6) is 7.16. The number of fused-ring (bicyclic) bond motifs is 20. The maximum absolute atomic E-state index is 10.4. The summed E-state index contributed by atoms with van der Waals surface area (Å²) < 4.78 is 20.6. The third kappa shape index (κ3) is 13.4. The lowest BCUT2D eigenvalue weighted by atomic mass is 9.76. The fourth-order valence-electron chi connectivity index (χ4n) is 14.9. The zero-order valence-electron chi connectivity index (χ0n) is 44.1. The fraction of sp³-hybridized carbons (Fsp3) is 0.750. The standard InChI is InChI=1S/C32H56N8.2C12H16O4.Si/c1-2-10-18-17(9-1)25-33-26(18)38-28-21-13-5-6-14-22(21)30(35-28)40-32-24-16-8-7-15-23(24)31(36-32)39-29-20-12-4-3-11-19(20)27(34-29)37-25;2*1-15-10-7-6-9(8-11(10)16-2)4-3-5-12(13)14;/h17-40H,1-16H2;2*6-8H,3-5H2,1-2H3,(H,13,14);. The first-order valence-electron chi connectivity index (χ1n) is 28.1. The highest BCUT2D eigenvalue weighted by molar-refractivity contribution is 5.75. The Morgan fingerprint density at radius 2 is 0.616 bits per heavy atom. The monoisotopic (exact) mass is 1030 g/mol. The SMILES string of the molecule is C1CCC2C3NC(NC4NC(NC5NC(NC6NC(N3)C3CCCCC63)C3CCCCC53)C3CCCCC43)C2C1.COc1ccc(CCCC(=O)O)cc1OC.COc1ccc(CCCC(=O)O)cc1OC.[Si]. The molecule has 404 valence electrons. The fourth-order valence-corrected chi connectivity index (χ4v) is 14.9. The molecule has 0 aromatic heterocycles. The van der Waals surface area contributed by atoms with Crippen LogP contribution in [0.5, 0.6) is 23.0 Å². The molecular formula is C56H88N8O8Si. The minimum Gasteiger partial charge on any atom is -0.493 e. The lowest BCUT2D eigenvalue weighted by Crippen LogP contribution is -2.61. The van der Waals surface area contributed by atoms with Gasteiger partial charge in [-0.1, -0.05) is 63.5 Å². The summed E-state index contributed by atoms with van der Waals surface area (Å²) in [6.07, 6.45) is 28.7. The highest BCUT2D eigenvalue weighted by Gasteiger charge is 2.54. The lowest BCUT2D eigenvalue weighted by molar-refractivity contribution is -0.138. The van der Waals surface area contributed by atoms with Crippen LogP contribution in [0.1, 0.15) is 140 Å². The summed E-state index contributed by atoms with van der Waals surface area (Å²) in [6.45, 7) is 0. The molecule has 2 aromatic carbocycles. The molecule has 2 aromatic rings. The Morgan fingerprint density at radius 3 is 0.808 bits per heavy atom. The van der Waals surface area contributed by atoms with Crippen LogP contribution < -0.4 is 61.5 Å². The van der Waals surface area contributed by atoms with Crippen molar-refractivity contribution in [2.24, 2.45) is 47.3 Å². The van der Waals surface area contributed by atoms with Gasteiger partial charge in [0.2, 0.25) is 0 Å². The number of rotatable bonds is 12. The molecule has 10 N–H and O–H groups in total. The molecule has 4 aliphatic carbocycles. The van der Waals surface area contributed by atoms with Gasteiger partial charge in [-0.3, -0.25) is 52.1 Å². The Hall–Kier alpha value is -3.52. The number of carbonyl (C=O) groups is 2. The van der Waals surface area contributed by atoms with E-state index in [0.29, 0.717) is 85.2 Å². The average molecular weight is 1030 g/mol. The van der Waals surface area contributed by atoms with Gasteiger partial charge in [0.05, 0.1) is 77.8 Å². The van der Waals surface area contributed by atoms with Gasteiger partial charge in [-0.15, -0.1) is 0 Å². The highest BCUT2D eigenvalue weighted by atomic mass is 28.1. The lowest BCUT2D eigenvalue weighted by Gasteiger charge is -2.35. The topological polar surface area (TPSA) is 208 Å². The van der Waals surface area contributed by atoms with E-state index in [1.807, 2.05) is 36.4 Å². The van der Waals surface area contributed by atoms with E-state index < -0.39 is 11.9 Å². The van der Waals surface area contributed by atoms with Crippen molar-refractivity contribution < 1.29 is 38.7 Å². The molecule has 5 saturated heterocycles. The number of carboxylic acid groups (broad SMARTS) is 2. The maximum Gasteiger partial charge on any atom is 0.303 e. The molecule has 8 atom stereocenters. The average Bonchev–Trinajstić information content (AvgIpc) is 4.15. The molecule has 16 nitrogen and oxygen atoms in total. The molecule has 8 unspecified atom stereocenters. The Morgan fingerprint density at radius 1 is 0.397 bits per heavy atom. The van der Waals surface area contributed by atoms with Crippen molar-refractivity contribution >= 4 is 22.9 Å². The summed E-state index contributed by atoms with van der Waals surface area (Å²) in [6, 6.07) is 11.2. The van der Waals surface area contributed by atoms with Crippen molar-refractivity contribution in [3.63, 3.8) is 0 Å². The zero-order chi connectivity index (χ0) is 50.1. The van der Waals surface area contributed by atoms with Gasteiger partial charge in [-0.25, -0.2) is 0 Å². The molecule has 4 radical (unpaired) electrons. The summed E-state index contributed by atoms with van der Waals surface area (Å²) >= 11 is 0. The number of methoxy groups -OCH3 is 4. The molecule has 8 bridgehead atoms. The minimum absolute atomic E-state index is 0. The van der Waals surface area contributed by atoms with Gasteiger partial charge in [-0.2, -0.15) is 0 Å². The minimum atomic E-state index is -0.763. The van der Waals surface area contributed by atoms with Crippen LogP contribution in [0.3, 0.4) is 0 Å². The van der Waals surface area contributed by atoms with E-state index >= 15 is 0 Å². The number of ether oxygens (including phenoxy) is 4. The number of aliphatic carboxylic acids is 2. The molecule has 9 fully saturated rings. The summed E-state index contributed by atoms with van der Waals surface area (Å²) in [4.78, 5) is 20.7. The zero-order valence-corrected chi connectivity index (χ0v) is 45.1. The molecule has 17 heteroatoms. The molecular weight excluding hydrogens is 941 g/mol. The van der Waals surface area contributed by atoms with Gasteiger partial charge < -0.3 is 29.2 Å². The van der Waals surface area contributed by atoms with Crippen LogP contribution in [0.15, 0.2) is 36.4 Å². The Labute approximate surface area is 439 Å². The smallest absolute Gasteiger partial charge is 0.303 e. The quantitative estimate of drug-likeness (QED) is 0.104.